The molecule has 3 aliphatic rings. The van der Waals surface area contributed by atoms with Gasteiger partial charge in [0.25, 0.3) is 0 Å². The van der Waals surface area contributed by atoms with E-state index in [0.717, 1.165) is 13.1 Å². The van der Waals surface area contributed by atoms with Crippen molar-refractivity contribution in [3.05, 3.63) is 78.1 Å². The Hall–Kier alpha value is -2.99. The van der Waals surface area contributed by atoms with Crippen molar-refractivity contribution >= 4 is 15.7 Å². The molecular weight excluding hydrogens is 510 g/mol. The van der Waals surface area contributed by atoms with Crippen molar-refractivity contribution in [1.29, 1.82) is 0 Å². The molecule has 2 saturated heterocycles. The first-order chi connectivity index (χ1) is 17.6. The van der Waals surface area contributed by atoms with Crippen molar-refractivity contribution in [2.75, 3.05) is 18.0 Å². The van der Waals surface area contributed by atoms with Crippen LogP contribution in [0, 0.1) is 17.7 Å². The summed E-state index contributed by atoms with van der Waals surface area (Å²) in [5.74, 6) is 0.0887. The molecule has 0 radical (unpaired) electrons. The molecule has 0 amide bonds. The van der Waals surface area contributed by atoms with E-state index in [2.05, 4.69) is 10.2 Å². The molecule has 1 saturated carbocycles. The lowest BCUT2D eigenvalue weighted by atomic mass is 10.0. The predicted molar refractivity (Wildman–Crippen MR) is 127 cm³/mol. The number of aromatic nitrogens is 3. The summed E-state index contributed by atoms with van der Waals surface area (Å²) in [5, 5.41) is 6.58. The van der Waals surface area contributed by atoms with E-state index in [-0.39, 0.29) is 18.4 Å². The van der Waals surface area contributed by atoms with E-state index in [9.17, 15) is 21.6 Å². The lowest BCUT2D eigenvalue weighted by molar-refractivity contribution is -0.176. The third-order valence-electron chi connectivity index (χ3n) is 7.94. The highest BCUT2D eigenvalue weighted by atomic mass is 32.2. The zero-order valence-corrected chi connectivity index (χ0v) is 20.5. The van der Waals surface area contributed by atoms with Crippen LogP contribution in [0.5, 0.6) is 0 Å². The summed E-state index contributed by atoms with van der Waals surface area (Å²) in [6.07, 6.45) is -1.92. The van der Waals surface area contributed by atoms with Crippen LogP contribution in [0.2, 0.25) is 0 Å². The second-order valence-electron chi connectivity index (χ2n) is 10.0. The van der Waals surface area contributed by atoms with E-state index in [0.29, 0.717) is 33.4 Å². The third-order valence-corrected chi connectivity index (χ3v) is 10.2. The van der Waals surface area contributed by atoms with Crippen LogP contribution in [-0.4, -0.2) is 52.8 Å². The van der Waals surface area contributed by atoms with Gasteiger partial charge in [0, 0.05) is 48.8 Å². The van der Waals surface area contributed by atoms with E-state index < -0.39 is 39.9 Å². The first-order valence-corrected chi connectivity index (χ1v) is 13.6. The van der Waals surface area contributed by atoms with Crippen molar-refractivity contribution in [1.82, 2.24) is 19.1 Å². The summed E-state index contributed by atoms with van der Waals surface area (Å²) in [4.78, 5) is 2.05. The number of benzene rings is 2. The smallest absolute Gasteiger partial charge is 0.371 e. The molecule has 7 nitrogen and oxygen atoms in total. The highest BCUT2D eigenvalue weighted by molar-refractivity contribution is 7.89. The fourth-order valence-corrected chi connectivity index (χ4v) is 8.18. The maximum atomic E-state index is 15.2. The summed E-state index contributed by atoms with van der Waals surface area (Å²) in [6.45, 7) is 0.770. The standard InChI is InChI=1S/C25H25F4N5O2S/c26-21-10-18(32-12-19-20(13-32)24(19)33-14-30-31-15-33)7-6-17(21)11-34-23(25(27,28)29)9-8-22(37(34,35)36)16-4-2-1-3-5-16/h1-7,10,14-15,19-20,22-24H,8-9,11-13H2/t19-,20?,22+,23+,24?/m0/s1. The maximum Gasteiger partial charge on any atom is 0.405 e. The molecule has 2 unspecified atom stereocenters. The maximum absolute atomic E-state index is 15.2. The topological polar surface area (TPSA) is 71.3 Å². The first-order valence-electron chi connectivity index (χ1n) is 12.1. The van der Waals surface area contributed by atoms with Crippen LogP contribution in [0.3, 0.4) is 0 Å². The Bertz CT molecular complexity index is 1370. The van der Waals surface area contributed by atoms with Gasteiger partial charge in [-0.25, -0.2) is 12.8 Å². The number of rotatable bonds is 5. The summed E-state index contributed by atoms with van der Waals surface area (Å²) in [6, 6.07) is 10.7. The van der Waals surface area contributed by atoms with E-state index in [1.54, 1.807) is 49.1 Å². The van der Waals surface area contributed by atoms with Crippen molar-refractivity contribution in [2.24, 2.45) is 11.8 Å². The summed E-state index contributed by atoms with van der Waals surface area (Å²) in [5.41, 5.74) is 0.982. The molecule has 6 rings (SSSR count). The van der Waals surface area contributed by atoms with Gasteiger partial charge in [0.15, 0.2) is 0 Å². The molecule has 12 heteroatoms. The second kappa shape index (κ2) is 8.80. The van der Waals surface area contributed by atoms with Crippen LogP contribution < -0.4 is 4.90 Å². The number of nitrogens with zero attached hydrogens (tertiary/aromatic N) is 5. The second-order valence-corrected chi connectivity index (χ2v) is 12.1. The van der Waals surface area contributed by atoms with E-state index in [1.165, 1.54) is 12.1 Å². The third kappa shape index (κ3) is 4.29. The molecule has 3 heterocycles. The number of hydrogen-bond acceptors (Lipinski definition) is 5. The SMILES string of the molecule is O=S1(=O)[C@@H](c2ccccc2)CC[C@H](C(F)(F)F)N1Cc1ccc(N2CC3C(n4cnnc4)[C@H]3C2)cc1F. The number of hydrogen-bond donors (Lipinski definition) is 0. The highest BCUT2D eigenvalue weighted by Crippen LogP contribution is 2.55. The monoisotopic (exact) mass is 535 g/mol. The van der Waals surface area contributed by atoms with Crippen LogP contribution in [0.1, 0.15) is 35.3 Å². The van der Waals surface area contributed by atoms with Crippen molar-refractivity contribution < 1.29 is 26.0 Å². The Morgan fingerprint density at radius 1 is 0.946 bits per heavy atom. The number of alkyl halides is 3. The van der Waals surface area contributed by atoms with Crippen LogP contribution >= 0.6 is 0 Å². The molecule has 1 aliphatic carbocycles. The molecule has 2 aromatic carbocycles. The number of piperidine rings is 1. The fraction of sp³-hybridized carbons (Fsp3) is 0.440. The van der Waals surface area contributed by atoms with Gasteiger partial charge in [-0.1, -0.05) is 36.4 Å². The van der Waals surface area contributed by atoms with Gasteiger partial charge in [-0.2, -0.15) is 17.5 Å². The lowest BCUT2D eigenvalue weighted by Gasteiger charge is -2.39. The number of anilines is 1. The van der Waals surface area contributed by atoms with E-state index in [1.807, 2.05) is 9.47 Å². The number of fused-ring (bicyclic) bond motifs is 1. The van der Waals surface area contributed by atoms with E-state index in [4.69, 9.17) is 0 Å². The van der Waals surface area contributed by atoms with Gasteiger partial charge in [0.05, 0.1) is 0 Å². The quantitative estimate of drug-likeness (QED) is 0.455. The minimum atomic E-state index is -4.76. The predicted octanol–water partition coefficient (Wildman–Crippen LogP) is 4.32. The van der Waals surface area contributed by atoms with Crippen LogP contribution in [0.15, 0.2) is 61.2 Å². The minimum absolute atomic E-state index is 0.0815. The molecule has 196 valence electrons. The molecule has 3 fully saturated rings. The fourth-order valence-electron chi connectivity index (χ4n) is 6.02. The zero-order chi connectivity index (χ0) is 25.9. The Kier molecular flexibility index (Phi) is 5.79. The Balaban J connectivity index is 1.22. The van der Waals surface area contributed by atoms with E-state index >= 15 is 4.39 Å². The van der Waals surface area contributed by atoms with Gasteiger partial charge in [-0.3, -0.25) is 0 Å². The Labute approximate surface area is 211 Å². The van der Waals surface area contributed by atoms with Gasteiger partial charge in [0.1, 0.15) is 29.8 Å². The van der Waals surface area contributed by atoms with Crippen molar-refractivity contribution in [3.8, 4) is 0 Å². The van der Waals surface area contributed by atoms with Gasteiger partial charge >= 0.3 is 6.18 Å². The summed E-state index contributed by atoms with van der Waals surface area (Å²) in [7, 11) is -4.40. The highest BCUT2D eigenvalue weighted by Gasteiger charge is 2.57. The summed E-state index contributed by atoms with van der Waals surface area (Å²) >= 11 is 0. The molecule has 2 aliphatic heterocycles. The van der Waals surface area contributed by atoms with Crippen molar-refractivity contribution in [3.63, 3.8) is 0 Å². The summed E-state index contributed by atoms with van der Waals surface area (Å²) < 4.78 is 86.2. The molecule has 5 atom stereocenters. The molecule has 0 spiro atoms. The average molecular weight is 536 g/mol. The lowest BCUT2D eigenvalue weighted by Crippen LogP contribution is -2.52. The number of halogens is 4. The molecule has 1 aromatic heterocycles. The zero-order valence-electron chi connectivity index (χ0n) is 19.7. The first kappa shape index (κ1) is 24.4. The molecule has 0 N–H and O–H groups in total. The number of sulfonamides is 1. The minimum Gasteiger partial charge on any atom is -0.371 e. The molecular formula is C25H25F4N5O2S. The molecule has 3 aromatic rings. The molecule has 0 bridgehead atoms. The van der Waals surface area contributed by atoms with Gasteiger partial charge in [-0.15, -0.1) is 10.2 Å². The van der Waals surface area contributed by atoms with Crippen molar-refractivity contribution in [2.45, 2.75) is 42.9 Å². The van der Waals surface area contributed by atoms with Crippen LogP contribution in [0.4, 0.5) is 23.2 Å². The molecule has 37 heavy (non-hydrogen) atoms. The largest absolute Gasteiger partial charge is 0.405 e. The Morgan fingerprint density at radius 2 is 1.62 bits per heavy atom. The normalized spacial score (nSPS) is 29.3. The van der Waals surface area contributed by atoms with Gasteiger partial charge in [0.2, 0.25) is 10.0 Å². The van der Waals surface area contributed by atoms with Crippen LogP contribution in [0.25, 0.3) is 0 Å². The van der Waals surface area contributed by atoms with Crippen LogP contribution in [-0.2, 0) is 16.6 Å². The van der Waals surface area contributed by atoms with Gasteiger partial charge < -0.3 is 9.47 Å². The Morgan fingerprint density at radius 3 is 2.24 bits per heavy atom. The van der Waals surface area contributed by atoms with Gasteiger partial charge in [-0.05, 0) is 30.5 Å². The average Bonchev–Trinajstić information content (AvgIpc) is 3.23.